The fourth-order valence-electron chi connectivity index (χ4n) is 9.05. The number of carbonyl (C=O) groups is 2. The van der Waals surface area contributed by atoms with E-state index in [1.165, 1.54) is 82.6 Å². The highest BCUT2D eigenvalue weighted by Crippen LogP contribution is 2.47. The molecule has 3 fully saturated rings. The smallest absolute Gasteiger partial charge is 0.333 e. The van der Waals surface area contributed by atoms with Crippen molar-refractivity contribution in [3.05, 3.63) is 53.1 Å². The number of rotatable bonds is 19. The average molecular weight is 723 g/mol. The first-order chi connectivity index (χ1) is 24.9. The molecule has 2 N–H and O–H groups in total. The lowest BCUT2D eigenvalue weighted by atomic mass is 9.64. The number of aliphatic hydroxyl groups is 2. The van der Waals surface area contributed by atoms with Crippen LogP contribution in [0.15, 0.2) is 36.4 Å². The second kappa shape index (κ2) is 20.7. The summed E-state index contributed by atoms with van der Waals surface area (Å²) in [5.74, 6) is 5.14. The molecule has 0 bridgehead atoms. The van der Waals surface area contributed by atoms with Gasteiger partial charge in [0.25, 0.3) is 0 Å². The molecular formula is C45H70O7. The quantitative estimate of drug-likeness (QED) is 0.0833. The van der Waals surface area contributed by atoms with Crippen LogP contribution in [0.25, 0.3) is 0 Å². The molecular weight excluding hydrogens is 652 g/mol. The van der Waals surface area contributed by atoms with E-state index in [0.717, 1.165) is 46.5 Å². The standard InChI is InChI=1S/C45H70O7/c1-31(2)43(48)51-24-7-9-39-27-41(28-40(10-8-25-52-44(49)32(3)4)42(39)50-26-23-45(6,29-46)30-47)38-21-19-37(20-22-38)36-17-15-35(16-18-36)34-13-11-33(5)12-14-34/h27-28,33-38,46-47H,1,3,7-26,29-30H2,2,4-6H3. The lowest BCUT2D eigenvalue weighted by Gasteiger charge is -2.41. The Kier molecular flexibility index (Phi) is 16.8. The van der Waals surface area contributed by atoms with Crippen molar-refractivity contribution in [1.82, 2.24) is 0 Å². The number of ether oxygens (including phenoxy) is 3. The number of benzene rings is 1. The summed E-state index contributed by atoms with van der Waals surface area (Å²) in [5.41, 5.74) is 3.66. The van der Waals surface area contributed by atoms with Gasteiger partial charge in [0.1, 0.15) is 5.75 Å². The van der Waals surface area contributed by atoms with E-state index in [4.69, 9.17) is 14.2 Å². The molecule has 3 saturated carbocycles. The number of hydrogen-bond acceptors (Lipinski definition) is 7. The average Bonchev–Trinajstić information content (AvgIpc) is 3.15. The number of hydrogen-bond donors (Lipinski definition) is 2. The fourth-order valence-corrected chi connectivity index (χ4v) is 9.05. The van der Waals surface area contributed by atoms with Crippen molar-refractivity contribution < 1.29 is 34.0 Å². The minimum absolute atomic E-state index is 0.127. The van der Waals surface area contributed by atoms with Crippen LogP contribution in [0.2, 0.25) is 0 Å². The molecule has 0 aliphatic heterocycles. The van der Waals surface area contributed by atoms with Crippen LogP contribution in [0.5, 0.6) is 5.75 Å². The highest BCUT2D eigenvalue weighted by molar-refractivity contribution is 5.87. The molecule has 3 aliphatic carbocycles. The summed E-state index contributed by atoms with van der Waals surface area (Å²) in [6.07, 6.45) is 19.6. The van der Waals surface area contributed by atoms with Crippen LogP contribution in [0.3, 0.4) is 0 Å². The second-order valence-electron chi connectivity index (χ2n) is 17.2. The Morgan fingerprint density at radius 1 is 0.692 bits per heavy atom. The molecule has 0 unspecified atom stereocenters. The Morgan fingerprint density at radius 3 is 1.50 bits per heavy atom. The highest BCUT2D eigenvalue weighted by atomic mass is 16.5. The van der Waals surface area contributed by atoms with Gasteiger partial charge >= 0.3 is 11.9 Å². The lowest BCUT2D eigenvalue weighted by molar-refractivity contribution is -0.139. The summed E-state index contributed by atoms with van der Waals surface area (Å²) >= 11 is 0. The van der Waals surface area contributed by atoms with Crippen molar-refractivity contribution in [3.63, 3.8) is 0 Å². The number of aliphatic hydroxyl groups excluding tert-OH is 2. The third-order valence-corrected chi connectivity index (χ3v) is 12.8. The van der Waals surface area contributed by atoms with Crippen LogP contribution in [0.4, 0.5) is 0 Å². The van der Waals surface area contributed by atoms with Gasteiger partial charge in [-0.2, -0.15) is 0 Å². The summed E-state index contributed by atoms with van der Waals surface area (Å²) in [7, 11) is 0. The zero-order chi connectivity index (χ0) is 37.7. The van der Waals surface area contributed by atoms with E-state index in [1.807, 2.05) is 6.92 Å². The van der Waals surface area contributed by atoms with Crippen LogP contribution in [-0.2, 0) is 31.9 Å². The van der Waals surface area contributed by atoms with Gasteiger partial charge in [0, 0.05) is 16.6 Å². The maximum atomic E-state index is 12.1. The summed E-state index contributed by atoms with van der Waals surface area (Å²) in [6, 6.07) is 4.64. The van der Waals surface area contributed by atoms with Gasteiger partial charge in [-0.05, 0) is 162 Å². The molecule has 1 aromatic carbocycles. The molecule has 4 rings (SSSR count). The maximum Gasteiger partial charge on any atom is 0.333 e. The molecule has 0 atom stereocenters. The topological polar surface area (TPSA) is 102 Å². The van der Waals surface area contributed by atoms with Gasteiger partial charge in [0.2, 0.25) is 0 Å². The van der Waals surface area contributed by atoms with Crippen LogP contribution in [-0.4, -0.2) is 55.2 Å². The van der Waals surface area contributed by atoms with E-state index >= 15 is 0 Å². The lowest BCUT2D eigenvalue weighted by Crippen LogP contribution is -2.29. The SMILES string of the molecule is C=C(C)C(=O)OCCCc1cc(C2CCC(C3CCC(C4CCC(C)CC4)CC3)CC2)cc(CCCOC(=O)C(=C)C)c1OCCC(C)(CO)CO. The highest BCUT2D eigenvalue weighted by Gasteiger charge is 2.35. The predicted octanol–water partition coefficient (Wildman–Crippen LogP) is 9.46. The number of carbonyl (C=O) groups excluding carboxylic acids is 2. The molecule has 7 heteroatoms. The zero-order valence-electron chi connectivity index (χ0n) is 33.0. The monoisotopic (exact) mass is 723 g/mol. The second-order valence-corrected chi connectivity index (χ2v) is 17.2. The maximum absolute atomic E-state index is 12.1. The molecule has 0 aromatic heterocycles. The Hall–Kier alpha value is -2.64. The van der Waals surface area contributed by atoms with Gasteiger partial charge in [-0.3, -0.25) is 0 Å². The zero-order valence-corrected chi connectivity index (χ0v) is 33.0. The van der Waals surface area contributed by atoms with Crippen molar-refractivity contribution >= 4 is 11.9 Å². The van der Waals surface area contributed by atoms with E-state index in [2.05, 4.69) is 32.2 Å². The molecule has 1 aromatic rings. The van der Waals surface area contributed by atoms with Gasteiger partial charge < -0.3 is 24.4 Å². The van der Waals surface area contributed by atoms with Crippen molar-refractivity contribution in [3.8, 4) is 5.75 Å². The summed E-state index contributed by atoms with van der Waals surface area (Å²) in [5, 5.41) is 19.8. The van der Waals surface area contributed by atoms with Gasteiger partial charge in [-0.15, -0.1) is 0 Å². The minimum atomic E-state index is -0.639. The first-order valence-electron chi connectivity index (χ1n) is 20.6. The van der Waals surface area contributed by atoms with Crippen molar-refractivity contribution in [2.24, 2.45) is 35.0 Å². The molecule has 292 valence electrons. The largest absolute Gasteiger partial charge is 0.493 e. The first kappa shape index (κ1) is 42.1. The molecule has 7 nitrogen and oxygen atoms in total. The normalized spacial score (nSPS) is 25.3. The van der Waals surface area contributed by atoms with E-state index < -0.39 is 5.41 Å². The van der Waals surface area contributed by atoms with Crippen LogP contribution >= 0.6 is 0 Å². The minimum Gasteiger partial charge on any atom is -0.493 e. The summed E-state index contributed by atoms with van der Waals surface area (Å²) in [4.78, 5) is 24.2. The molecule has 52 heavy (non-hydrogen) atoms. The van der Waals surface area contributed by atoms with Crippen LogP contribution < -0.4 is 4.74 Å². The Morgan fingerprint density at radius 2 is 1.10 bits per heavy atom. The first-order valence-corrected chi connectivity index (χ1v) is 20.6. The Bertz CT molecular complexity index is 1250. The predicted molar refractivity (Wildman–Crippen MR) is 208 cm³/mol. The fraction of sp³-hybridized carbons (Fsp3) is 0.733. The van der Waals surface area contributed by atoms with E-state index in [-0.39, 0.29) is 25.2 Å². The molecule has 0 heterocycles. The van der Waals surface area contributed by atoms with Gasteiger partial charge in [0.15, 0.2) is 0 Å². The van der Waals surface area contributed by atoms with Gasteiger partial charge in [-0.1, -0.05) is 52.0 Å². The number of aryl methyl sites for hydroxylation is 2. The Labute approximate surface area is 315 Å². The third-order valence-electron chi connectivity index (χ3n) is 12.8. The molecule has 0 amide bonds. The van der Waals surface area contributed by atoms with E-state index in [9.17, 15) is 19.8 Å². The van der Waals surface area contributed by atoms with Gasteiger partial charge in [0.05, 0.1) is 33.0 Å². The van der Waals surface area contributed by atoms with Crippen molar-refractivity contribution in [2.45, 2.75) is 143 Å². The Balaban J connectivity index is 1.47. The molecule has 0 radical (unpaired) electrons. The molecule has 3 aliphatic rings. The van der Waals surface area contributed by atoms with Gasteiger partial charge in [-0.25, -0.2) is 9.59 Å². The summed E-state index contributed by atoms with van der Waals surface area (Å²) in [6.45, 7) is 15.7. The molecule has 0 saturated heterocycles. The third kappa shape index (κ3) is 12.5. The van der Waals surface area contributed by atoms with E-state index in [1.54, 1.807) is 13.8 Å². The van der Waals surface area contributed by atoms with Crippen molar-refractivity contribution in [2.75, 3.05) is 33.0 Å². The number of esters is 2. The van der Waals surface area contributed by atoms with Crippen molar-refractivity contribution in [1.29, 1.82) is 0 Å². The van der Waals surface area contributed by atoms with E-state index in [0.29, 0.717) is 69.0 Å². The summed E-state index contributed by atoms with van der Waals surface area (Å²) < 4.78 is 17.4. The molecule has 0 spiro atoms. The van der Waals surface area contributed by atoms with Crippen LogP contribution in [0.1, 0.15) is 147 Å². The van der Waals surface area contributed by atoms with Crippen LogP contribution in [0, 0.1) is 35.0 Å².